The molecule has 0 heterocycles. The third kappa shape index (κ3) is 3.05. The Morgan fingerprint density at radius 2 is 2.00 bits per heavy atom. The third-order valence-corrected chi connectivity index (χ3v) is 3.05. The van der Waals surface area contributed by atoms with Crippen LogP contribution in [0, 0.1) is 11.6 Å². The number of benzene rings is 2. The maximum atomic E-state index is 13.7. The van der Waals surface area contributed by atoms with Crippen LogP contribution < -0.4 is 11.1 Å². The van der Waals surface area contributed by atoms with Crippen LogP contribution in [0.4, 0.5) is 14.5 Å². The van der Waals surface area contributed by atoms with Crippen molar-refractivity contribution in [1.29, 1.82) is 0 Å². The first kappa shape index (κ1) is 14.3. The molecule has 2 rings (SSSR count). The Kier molecular flexibility index (Phi) is 4.20. The predicted octanol–water partition coefficient (Wildman–Crippen LogP) is 3.33. The maximum Gasteiger partial charge on any atom is 0.248 e. The van der Waals surface area contributed by atoms with Gasteiger partial charge in [0.2, 0.25) is 5.91 Å². The van der Waals surface area contributed by atoms with Gasteiger partial charge in [0.15, 0.2) is 5.82 Å². The Labute approximate surface area is 119 Å². The van der Waals surface area contributed by atoms with Gasteiger partial charge >= 0.3 is 0 Å². The first-order valence-electron chi connectivity index (χ1n) is 5.75. The number of nitrogens with two attached hydrogens (primary N) is 1. The molecule has 104 valence electrons. The molecule has 0 atom stereocenters. The fraction of sp³-hybridized carbons (Fsp3) is 0.0714. The summed E-state index contributed by atoms with van der Waals surface area (Å²) < 4.78 is 27.4. The van der Waals surface area contributed by atoms with Gasteiger partial charge in [-0.25, -0.2) is 8.78 Å². The molecule has 0 fully saturated rings. The molecule has 0 aliphatic rings. The van der Waals surface area contributed by atoms with Crippen LogP contribution in [0.15, 0.2) is 36.4 Å². The van der Waals surface area contributed by atoms with E-state index in [9.17, 15) is 13.6 Å². The molecule has 2 aromatic rings. The number of carbonyl (C=O) groups excluding carboxylic acids is 1. The van der Waals surface area contributed by atoms with Crippen LogP contribution in [-0.2, 0) is 6.54 Å². The van der Waals surface area contributed by atoms with Gasteiger partial charge in [0.25, 0.3) is 0 Å². The number of amides is 1. The molecular weight excluding hydrogens is 286 g/mol. The molecule has 1 amide bonds. The zero-order valence-corrected chi connectivity index (χ0v) is 11.0. The van der Waals surface area contributed by atoms with E-state index in [1.807, 2.05) is 0 Å². The van der Waals surface area contributed by atoms with Gasteiger partial charge in [-0.2, -0.15) is 0 Å². The Hall–Kier alpha value is -2.14. The lowest BCUT2D eigenvalue weighted by atomic mass is 10.1. The van der Waals surface area contributed by atoms with Crippen molar-refractivity contribution in [3.63, 3.8) is 0 Å². The van der Waals surface area contributed by atoms with E-state index in [1.165, 1.54) is 24.3 Å². The zero-order valence-electron chi connectivity index (χ0n) is 10.3. The van der Waals surface area contributed by atoms with Gasteiger partial charge in [-0.3, -0.25) is 4.79 Å². The minimum absolute atomic E-state index is 0.0143. The maximum absolute atomic E-state index is 13.7. The summed E-state index contributed by atoms with van der Waals surface area (Å²) in [5.74, 6) is -1.89. The van der Waals surface area contributed by atoms with E-state index in [2.05, 4.69) is 5.32 Å². The van der Waals surface area contributed by atoms with Crippen molar-refractivity contribution in [2.75, 3.05) is 5.32 Å². The van der Waals surface area contributed by atoms with E-state index < -0.39 is 17.5 Å². The smallest absolute Gasteiger partial charge is 0.248 e. The SMILES string of the molecule is NC(=O)c1ccc(CNc2cccc(Cl)c2F)c(F)c1. The van der Waals surface area contributed by atoms with Crippen LogP contribution in [-0.4, -0.2) is 5.91 Å². The van der Waals surface area contributed by atoms with Crippen molar-refractivity contribution >= 4 is 23.2 Å². The Morgan fingerprint density at radius 3 is 2.65 bits per heavy atom. The lowest BCUT2D eigenvalue weighted by molar-refractivity contribution is 0.1000. The quantitative estimate of drug-likeness (QED) is 0.909. The van der Waals surface area contributed by atoms with Crippen molar-refractivity contribution < 1.29 is 13.6 Å². The summed E-state index contributed by atoms with van der Waals surface area (Å²) in [6, 6.07) is 8.39. The predicted molar refractivity (Wildman–Crippen MR) is 73.7 cm³/mol. The zero-order chi connectivity index (χ0) is 14.7. The van der Waals surface area contributed by atoms with Gasteiger partial charge in [0.05, 0.1) is 10.7 Å². The van der Waals surface area contributed by atoms with Gasteiger partial charge in [-0.05, 0) is 24.3 Å². The van der Waals surface area contributed by atoms with Crippen molar-refractivity contribution in [3.8, 4) is 0 Å². The van der Waals surface area contributed by atoms with E-state index in [0.29, 0.717) is 0 Å². The molecule has 0 saturated carbocycles. The molecule has 0 unspecified atom stereocenters. The number of hydrogen-bond donors (Lipinski definition) is 2. The molecule has 0 aliphatic carbocycles. The van der Waals surface area contributed by atoms with Gasteiger partial charge in [-0.1, -0.05) is 23.7 Å². The van der Waals surface area contributed by atoms with E-state index in [-0.39, 0.29) is 28.4 Å². The lowest BCUT2D eigenvalue weighted by Gasteiger charge is -2.09. The van der Waals surface area contributed by atoms with Crippen LogP contribution in [0.2, 0.25) is 5.02 Å². The van der Waals surface area contributed by atoms with Gasteiger partial charge in [0, 0.05) is 17.7 Å². The summed E-state index contributed by atoms with van der Waals surface area (Å²) in [5, 5.41) is 2.73. The van der Waals surface area contributed by atoms with Gasteiger partial charge < -0.3 is 11.1 Å². The molecule has 0 aromatic heterocycles. The highest BCUT2D eigenvalue weighted by Crippen LogP contribution is 2.23. The number of nitrogens with one attached hydrogen (secondary N) is 1. The fourth-order valence-corrected chi connectivity index (χ4v) is 1.85. The van der Waals surface area contributed by atoms with E-state index in [1.54, 1.807) is 6.07 Å². The topological polar surface area (TPSA) is 55.1 Å². The molecule has 3 nitrogen and oxygen atoms in total. The molecule has 0 spiro atoms. The summed E-state index contributed by atoms with van der Waals surface area (Å²) >= 11 is 5.64. The first-order valence-corrected chi connectivity index (χ1v) is 6.13. The summed E-state index contributed by atoms with van der Waals surface area (Å²) in [4.78, 5) is 10.9. The molecule has 0 bridgehead atoms. The largest absolute Gasteiger partial charge is 0.378 e. The Balaban J connectivity index is 2.15. The van der Waals surface area contributed by atoms with Gasteiger partial charge in [0.1, 0.15) is 5.82 Å². The molecule has 3 N–H and O–H groups in total. The monoisotopic (exact) mass is 296 g/mol. The van der Waals surface area contributed by atoms with Crippen LogP contribution in [0.3, 0.4) is 0 Å². The standard InChI is InChI=1S/C14H11ClF2N2O/c15-10-2-1-3-12(13(10)17)19-7-9-5-4-8(14(18)20)6-11(9)16/h1-6,19H,7H2,(H2,18,20). The summed E-state index contributed by atoms with van der Waals surface area (Å²) in [6.07, 6.45) is 0. The summed E-state index contributed by atoms with van der Waals surface area (Å²) in [7, 11) is 0. The van der Waals surface area contributed by atoms with Crippen molar-refractivity contribution in [1.82, 2.24) is 0 Å². The summed E-state index contributed by atoms with van der Waals surface area (Å²) in [6.45, 7) is 0.0577. The minimum atomic E-state index is -0.704. The highest BCUT2D eigenvalue weighted by atomic mass is 35.5. The number of halogens is 3. The number of carbonyl (C=O) groups is 1. The normalized spacial score (nSPS) is 10.3. The molecule has 2 aromatic carbocycles. The molecule has 0 aliphatic heterocycles. The third-order valence-electron chi connectivity index (χ3n) is 2.76. The summed E-state index contributed by atoms with van der Waals surface area (Å²) in [5.41, 5.74) is 5.60. The van der Waals surface area contributed by atoms with E-state index >= 15 is 0 Å². The first-order chi connectivity index (χ1) is 9.49. The van der Waals surface area contributed by atoms with Crippen molar-refractivity contribution in [2.45, 2.75) is 6.54 Å². The second-order valence-corrected chi connectivity index (χ2v) is 4.53. The van der Waals surface area contributed by atoms with Crippen LogP contribution >= 0.6 is 11.6 Å². The molecular formula is C14H11ClF2N2O. The Bertz CT molecular complexity index is 662. The number of rotatable bonds is 4. The van der Waals surface area contributed by atoms with Crippen LogP contribution in [0.5, 0.6) is 0 Å². The van der Waals surface area contributed by atoms with Crippen LogP contribution in [0.25, 0.3) is 0 Å². The molecule has 0 saturated heterocycles. The highest BCUT2D eigenvalue weighted by Gasteiger charge is 2.09. The highest BCUT2D eigenvalue weighted by molar-refractivity contribution is 6.31. The number of anilines is 1. The lowest BCUT2D eigenvalue weighted by Crippen LogP contribution is -2.12. The molecule has 0 radical (unpaired) electrons. The fourth-order valence-electron chi connectivity index (χ4n) is 1.67. The minimum Gasteiger partial charge on any atom is -0.378 e. The number of primary amides is 1. The second kappa shape index (κ2) is 5.88. The molecule has 6 heteroatoms. The average Bonchev–Trinajstić information content (AvgIpc) is 2.41. The van der Waals surface area contributed by atoms with Crippen LogP contribution in [0.1, 0.15) is 15.9 Å². The second-order valence-electron chi connectivity index (χ2n) is 4.13. The van der Waals surface area contributed by atoms with Gasteiger partial charge in [-0.15, -0.1) is 0 Å². The van der Waals surface area contributed by atoms with E-state index in [0.717, 1.165) is 6.07 Å². The number of hydrogen-bond acceptors (Lipinski definition) is 2. The Morgan fingerprint density at radius 1 is 1.25 bits per heavy atom. The average molecular weight is 297 g/mol. The van der Waals surface area contributed by atoms with E-state index in [4.69, 9.17) is 17.3 Å². The molecule has 20 heavy (non-hydrogen) atoms. The van der Waals surface area contributed by atoms with Crippen molar-refractivity contribution in [3.05, 3.63) is 64.2 Å². The van der Waals surface area contributed by atoms with Crippen molar-refractivity contribution in [2.24, 2.45) is 5.73 Å².